The second-order valence-corrected chi connectivity index (χ2v) is 4.84. The molecule has 0 aliphatic carbocycles. The van der Waals surface area contributed by atoms with Gasteiger partial charge in [0.15, 0.2) is 0 Å². The highest BCUT2D eigenvalue weighted by Crippen LogP contribution is 2.10. The molecule has 0 saturated heterocycles. The van der Waals surface area contributed by atoms with E-state index in [0.29, 0.717) is 19.8 Å². The molecule has 0 atom stereocenters. The lowest BCUT2D eigenvalue weighted by molar-refractivity contribution is 0.0141. The van der Waals surface area contributed by atoms with Gasteiger partial charge >= 0.3 is 0 Å². The number of likely N-dealkylation sites (N-methyl/N-ethyl adjacent to an activating group) is 1. The van der Waals surface area contributed by atoms with Gasteiger partial charge in [-0.1, -0.05) is 31.2 Å². The molecule has 1 N–H and O–H groups in total. The summed E-state index contributed by atoms with van der Waals surface area (Å²) in [7, 11) is 0. The van der Waals surface area contributed by atoms with Crippen molar-refractivity contribution in [3.8, 4) is 0 Å². The van der Waals surface area contributed by atoms with E-state index in [2.05, 4.69) is 36.5 Å². The van der Waals surface area contributed by atoms with Crippen molar-refractivity contribution in [3.05, 3.63) is 35.4 Å². The molecule has 0 aliphatic rings. The van der Waals surface area contributed by atoms with Crippen LogP contribution in [0, 0.1) is 0 Å². The van der Waals surface area contributed by atoms with Crippen molar-refractivity contribution in [2.75, 3.05) is 26.3 Å². The van der Waals surface area contributed by atoms with Crippen LogP contribution in [0.3, 0.4) is 0 Å². The molecule has 3 heteroatoms. The molecule has 0 amide bonds. The zero-order valence-electron chi connectivity index (χ0n) is 12.4. The monoisotopic (exact) mass is 265 g/mol. The predicted octanol–water partition coefficient (Wildman–Crippen LogP) is 2.78. The van der Waals surface area contributed by atoms with E-state index in [1.807, 2.05) is 13.8 Å². The van der Waals surface area contributed by atoms with E-state index >= 15 is 0 Å². The van der Waals surface area contributed by atoms with E-state index in [1.54, 1.807) is 0 Å². The third-order valence-electron chi connectivity index (χ3n) is 2.88. The minimum atomic E-state index is 0.274. The Balaban J connectivity index is 2.31. The van der Waals surface area contributed by atoms with Crippen LogP contribution in [0.25, 0.3) is 0 Å². The molecule has 3 nitrogen and oxygen atoms in total. The molecule has 0 aliphatic heterocycles. The Morgan fingerprint density at radius 2 is 1.84 bits per heavy atom. The van der Waals surface area contributed by atoms with Crippen molar-refractivity contribution in [3.63, 3.8) is 0 Å². The van der Waals surface area contributed by atoms with Crippen molar-refractivity contribution in [1.29, 1.82) is 0 Å². The van der Waals surface area contributed by atoms with Crippen LogP contribution in [-0.2, 0) is 22.5 Å². The van der Waals surface area contributed by atoms with Crippen LogP contribution in [-0.4, -0.2) is 32.4 Å². The second-order valence-electron chi connectivity index (χ2n) is 4.84. The second kappa shape index (κ2) is 9.96. The van der Waals surface area contributed by atoms with Gasteiger partial charge in [-0.3, -0.25) is 0 Å². The summed E-state index contributed by atoms with van der Waals surface area (Å²) in [6, 6.07) is 8.48. The summed E-state index contributed by atoms with van der Waals surface area (Å²) in [5.41, 5.74) is 2.65. The molecule has 19 heavy (non-hydrogen) atoms. The van der Waals surface area contributed by atoms with Crippen LogP contribution < -0.4 is 5.32 Å². The van der Waals surface area contributed by atoms with Crippen LogP contribution in [0.2, 0.25) is 0 Å². The lowest BCUT2D eigenvalue weighted by Crippen LogP contribution is -2.17. The SMILES string of the molecule is CCNCCc1ccccc1COCCOC(C)C. The first-order chi connectivity index (χ1) is 9.24. The van der Waals surface area contributed by atoms with E-state index in [9.17, 15) is 0 Å². The summed E-state index contributed by atoms with van der Waals surface area (Å²) in [5.74, 6) is 0. The Hall–Kier alpha value is -0.900. The molecule has 0 heterocycles. The maximum Gasteiger partial charge on any atom is 0.0720 e. The fourth-order valence-electron chi connectivity index (χ4n) is 1.87. The summed E-state index contributed by atoms with van der Waals surface area (Å²) < 4.78 is 11.1. The highest BCUT2D eigenvalue weighted by atomic mass is 16.5. The molecule has 1 rings (SSSR count). The minimum absolute atomic E-state index is 0.274. The van der Waals surface area contributed by atoms with E-state index in [0.717, 1.165) is 19.5 Å². The maximum atomic E-state index is 5.67. The minimum Gasteiger partial charge on any atom is -0.376 e. The summed E-state index contributed by atoms with van der Waals surface area (Å²) in [5, 5.41) is 3.35. The van der Waals surface area contributed by atoms with Crippen molar-refractivity contribution >= 4 is 0 Å². The first kappa shape index (κ1) is 16.2. The highest BCUT2D eigenvalue weighted by molar-refractivity contribution is 5.26. The summed E-state index contributed by atoms with van der Waals surface area (Å²) >= 11 is 0. The van der Waals surface area contributed by atoms with Crippen molar-refractivity contribution in [2.24, 2.45) is 0 Å². The number of ether oxygens (including phenoxy) is 2. The molecular weight excluding hydrogens is 238 g/mol. The van der Waals surface area contributed by atoms with Crippen LogP contribution in [0.4, 0.5) is 0 Å². The zero-order valence-corrected chi connectivity index (χ0v) is 12.4. The van der Waals surface area contributed by atoms with Gasteiger partial charge in [0, 0.05) is 0 Å². The van der Waals surface area contributed by atoms with Crippen LogP contribution in [0.5, 0.6) is 0 Å². The molecule has 0 radical (unpaired) electrons. The van der Waals surface area contributed by atoms with Crippen molar-refractivity contribution < 1.29 is 9.47 Å². The van der Waals surface area contributed by atoms with E-state index in [1.165, 1.54) is 11.1 Å². The molecule has 0 aromatic heterocycles. The Morgan fingerprint density at radius 3 is 2.53 bits per heavy atom. The summed E-state index contributed by atoms with van der Waals surface area (Å²) in [6.07, 6.45) is 1.33. The average Bonchev–Trinajstić information content (AvgIpc) is 2.40. The van der Waals surface area contributed by atoms with Crippen LogP contribution >= 0.6 is 0 Å². The molecule has 1 aromatic carbocycles. The van der Waals surface area contributed by atoms with Gasteiger partial charge in [-0.05, 0) is 44.5 Å². The highest BCUT2D eigenvalue weighted by Gasteiger charge is 2.02. The Kier molecular flexibility index (Phi) is 8.47. The third kappa shape index (κ3) is 7.31. The quantitative estimate of drug-likeness (QED) is 0.660. The predicted molar refractivity (Wildman–Crippen MR) is 79.4 cm³/mol. The number of hydrogen-bond donors (Lipinski definition) is 1. The number of benzene rings is 1. The van der Waals surface area contributed by atoms with Gasteiger partial charge in [-0.2, -0.15) is 0 Å². The van der Waals surface area contributed by atoms with Crippen molar-refractivity contribution in [2.45, 2.75) is 39.9 Å². The lowest BCUT2D eigenvalue weighted by atomic mass is 10.1. The zero-order chi connectivity index (χ0) is 13.9. The average molecular weight is 265 g/mol. The summed E-state index contributed by atoms with van der Waals surface area (Å²) in [6.45, 7) is 10.2. The molecule has 0 saturated carbocycles. The Labute approximate surface area is 117 Å². The molecule has 1 aromatic rings. The molecular formula is C16H27NO2. The van der Waals surface area contributed by atoms with Crippen LogP contribution in [0.15, 0.2) is 24.3 Å². The smallest absolute Gasteiger partial charge is 0.0720 e. The molecule has 0 spiro atoms. The number of hydrogen-bond acceptors (Lipinski definition) is 3. The number of rotatable bonds is 10. The fraction of sp³-hybridized carbons (Fsp3) is 0.625. The molecule has 0 bridgehead atoms. The largest absolute Gasteiger partial charge is 0.376 e. The molecule has 108 valence electrons. The van der Waals surface area contributed by atoms with E-state index < -0.39 is 0 Å². The standard InChI is InChI=1S/C16H27NO2/c1-4-17-10-9-15-7-5-6-8-16(15)13-18-11-12-19-14(2)3/h5-8,14,17H,4,9-13H2,1-3H3. The van der Waals surface area contributed by atoms with Gasteiger partial charge in [0.05, 0.1) is 25.9 Å². The van der Waals surface area contributed by atoms with Gasteiger partial charge in [-0.15, -0.1) is 0 Å². The summed E-state index contributed by atoms with van der Waals surface area (Å²) in [4.78, 5) is 0. The Bertz CT molecular complexity index is 339. The molecule has 0 fully saturated rings. The van der Waals surface area contributed by atoms with Gasteiger partial charge < -0.3 is 14.8 Å². The van der Waals surface area contributed by atoms with Crippen LogP contribution in [0.1, 0.15) is 31.9 Å². The fourth-order valence-corrected chi connectivity index (χ4v) is 1.87. The van der Waals surface area contributed by atoms with Gasteiger partial charge in [0.2, 0.25) is 0 Å². The number of nitrogens with one attached hydrogen (secondary N) is 1. The molecule has 0 unspecified atom stereocenters. The van der Waals surface area contributed by atoms with E-state index in [-0.39, 0.29) is 6.10 Å². The Morgan fingerprint density at radius 1 is 1.11 bits per heavy atom. The first-order valence-electron chi connectivity index (χ1n) is 7.21. The van der Waals surface area contributed by atoms with Gasteiger partial charge in [0.25, 0.3) is 0 Å². The topological polar surface area (TPSA) is 30.5 Å². The van der Waals surface area contributed by atoms with E-state index in [4.69, 9.17) is 9.47 Å². The third-order valence-corrected chi connectivity index (χ3v) is 2.88. The van der Waals surface area contributed by atoms with Crippen molar-refractivity contribution in [1.82, 2.24) is 5.32 Å². The first-order valence-corrected chi connectivity index (χ1v) is 7.21. The normalized spacial score (nSPS) is 11.2. The van der Waals surface area contributed by atoms with Gasteiger partial charge in [-0.25, -0.2) is 0 Å². The maximum absolute atomic E-state index is 5.67. The lowest BCUT2D eigenvalue weighted by Gasteiger charge is -2.11. The van der Waals surface area contributed by atoms with Gasteiger partial charge in [0.1, 0.15) is 0 Å².